The molecule has 1 aliphatic heterocycles. The molecule has 1 aliphatic rings. The fourth-order valence-corrected chi connectivity index (χ4v) is 4.79. The number of hydrogen-bond acceptors (Lipinski definition) is 4. The van der Waals surface area contributed by atoms with E-state index in [4.69, 9.17) is 11.6 Å². The average molecular weight is 446 g/mol. The topological polar surface area (TPSA) is 45.6 Å². The SMILES string of the molecule is C=CCS(=O)(=O)n1ccc2c(CN3CCN(C)CC3)cccc21.Clc1ccccc1. The second kappa shape index (κ2) is 10.3. The fourth-order valence-electron chi connectivity index (χ4n) is 3.48. The summed E-state index contributed by atoms with van der Waals surface area (Å²) in [6.45, 7) is 8.63. The zero-order valence-electron chi connectivity index (χ0n) is 17.2. The van der Waals surface area contributed by atoms with E-state index in [-0.39, 0.29) is 5.75 Å². The summed E-state index contributed by atoms with van der Waals surface area (Å²) < 4.78 is 26.0. The zero-order valence-corrected chi connectivity index (χ0v) is 18.8. The third-order valence-electron chi connectivity index (χ3n) is 5.14. The van der Waals surface area contributed by atoms with Crippen molar-refractivity contribution in [3.8, 4) is 0 Å². The van der Waals surface area contributed by atoms with Crippen molar-refractivity contribution in [2.24, 2.45) is 0 Å². The number of benzene rings is 2. The Hall–Kier alpha value is -2.12. The molecule has 0 radical (unpaired) electrons. The predicted octanol–water partition coefficient (Wildman–Crippen LogP) is 4.09. The minimum atomic E-state index is -3.37. The van der Waals surface area contributed by atoms with Crippen LogP contribution in [-0.4, -0.2) is 61.2 Å². The molecule has 0 amide bonds. The van der Waals surface area contributed by atoms with Crippen LogP contribution in [0.15, 0.2) is 73.4 Å². The molecular formula is C23H28ClN3O2S. The van der Waals surface area contributed by atoms with Crippen LogP contribution in [0.1, 0.15) is 5.56 Å². The standard InChI is InChI=1S/C17H23N3O2S.C6H5Cl/c1-3-13-23(21,22)20-8-7-16-15(5-4-6-17(16)20)14-19-11-9-18(2)10-12-19;7-6-4-2-1-3-5-6/h3-8H,1,9-14H2,2H3;1-5H. The zero-order chi connectivity index (χ0) is 21.6. The second-order valence-electron chi connectivity index (χ2n) is 7.40. The van der Waals surface area contributed by atoms with Crippen LogP contribution in [-0.2, 0) is 16.6 Å². The Balaban J connectivity index is 0.000000310. The molecule has 4 rings (SSSR count). The van der Waals surface area contributed by atoms with Gasteiger partial charge in [0.15, 0.2) is 0 Å². The maximum Gasteiger partial charge on any atom is 0.242 e. The van der Waals surface area contributed by atoms with E-state index in [1.54, 1.807) is 6.20 Å². The van der Waals surface area contributed by atoms with Crippen molar-refractivity contribution < 1.29 is 8.42 Å². The molecule has 2 aromatic carbocycles. The van der Waals surface area contributed by atoms with Gasteiger partial charge in [0.2, 0.25) is 10.0 Å². The van der Waals surface area contributed by atoms with Gasteiger partial charge in [-0.1, -0.05) is 48.0 Å². The summed E-state index contributed by atoms with van der Waals surface area (Å²) in [5, 5.41) is 1.81. The molecule has 0 N–H and O–H groups in total. The first-order valence-corrected chi connectivity index (χ1v) is 11.9. The van der Waals surface area contributed by atoms with E-state index >= 15 is 0 Å². The number of rotatable bonds is 5. The van der Waals surface area contributed by atoms with E-state index in [0.717, 1.165) is 48.6 Å². The highest BCUT2D eigenvalue weighted by molar-refractivity contribution is 7.90. The largest absolute Gasteiger partial charge is 0.304 e. The van der Waals surface area contributed by atoms with Crippen molar-refractivity contribution in [3.05, 3.63) is 84.0 Å². The van der Waals surface area contributed by atoms with E-state index in [2.05, 4.69) is 29.5 Å². The molecule has 0 spiro atoms. The van der Waals surface area contributed by atoms with Crippen molar-refractivity contribution in [1.82, 2.24) is 13.8 Å². The highest BCUT2D eigenvalue weighted by atomic mass is 35.5. The maximum absolute atomic E-state index is 12.3. The van der Waals surface area contributed by atoms with Gasteiger partial charge in [0.05, 0.1) is 11.3 Å². The normalized spacial score (nSPS) is 15.5. The second-order valence-corrected chi connectivity index (χ2v) is 9.73. The summed E-state index contributed by atoms with van der Waals surface area (Å²) in [5.74, 6) is -0.0561. The van der Waals surface area contributed by atoms with Gasteiger partial charge in [-0.15, -0.1) is 6.58 Å². The molecule has 30 heavy (non-hydrogen) atoms. The van der Waals surface area contributed by atoms with E-state index in [1.165, 1.54) is 15.6 Å². The van der Waals surface area contributed by atoms with E-state index in [1.807, 2.05) is 48.5 Å². The third kappa shape index (κ3) is 5.73. The van der Waals surface area contributed by atoms with Crippen LogP contribution >= 0.6 is 11.6 Å². The number of halogens is 1. The van der Waals surface area contributed by atoms with E-state index in [9.17, 15) is 8.42 Å². The van der Waals surface area contributed by atoms with Gasteiger partial charge in [0.1, 0.15) is 0 Å². The van der Waals surface area contributed by atoms with Crippen LogP contribution in [0.4, 0.5) is 0 Å². The number of aromatic nitrogens is 1. The number of hydrogen-bond donors (Lipinski definition) is 0. The van der Waals surface area contributed by atoms with Crippen LogP contribution in [0.5, 0.6) is 0 Å². The molecule has 3 aromatic rings. The summed E-state index contributed by atoms with van der Waals surface area (Å²) in [6.07, 6.45) is 3.08. The molecule has 0 saturated carbocycles. The van der Waals surface area contributed by atoms with Gasteiger partial charge in [-0.3, -0.25) is 4.90 Å². The van der Waals surface area contributed by atoms with Gasteiger partial charge in [-0.2, -0.15) is 0 Å². The number of piperazine rings is 1. The lowest BCUT2D eigenvalue weighted by molar-refractivity contribution is 0.148. The molecule has 160 valence electrons. The number of nitrogens with zero attached hydrogens (tertiary/aromatic N) is 3. The highest BCUT2D eigenvalue weighted by Crippen LogP contribution is 2.23. The van der Waals surface area contributed by atoms with Gasteiger partial charge in [-0.05, 0) is 36.9 Å². The van der Waals surface area contributed by atoms with Crippen LogP contribution in [0.25, 0.3) is 10.9 Å². The number of likely N-dealkylation sites (N-methyl/N-ethyl adjacent to an activating group) is 1. The fraction of sp³-hybridized carbons (Fsp3) is 0.304. The van der Waals surface area contributed by atoms with E-state index < -0.39 is 10.0 Å². The molecule has 5 nitrogen and oxygen atoms in total. The Labute approximate surface area is 184 Å². The molecule has 1 aromatic heterocycles. The van der Waals surface area contributed by atoms with Crippen molar-refractivity contribution in [2.75, 3.05) is 39.0 Å². The minimum Gasteiger partial charge on any atom is -0.304 e. The van der Waals surface area contributed by atoms with Crippen molar-refractivity contribution in [1.29, 1.82) is 0 Å². The average Bonchev–Trinajstić information content (AvgIpc) is 3.17. The first-order valence-electron chi connectivity index (χ1n) is 9.95. The molecule has 0 bridgehead atoms. The van der Waals surface area contributed by atoms with Crippen LogP contribution in [0, 0.1) is 0 Å². The molecule has 0 aliphatic carbocycles. The van der Waals surface area contributed by atoms with Gasteiger partial charge in [-0.25, -0.2) is 12.4 Å². The lowest BCUT2D eigenvalue weighted by Gasteiger charge is -2.32. The highest BCUT2D eigenvalue weighted by Gasteiger charge is 2.18. The lowest BCUT2D eigenvalue weighted by Crippen LogP contribution is -2.43. The van der Waals surface area contributed by atoms with Gasteiger partial charge in [0, 0.05) is 49.3 Å². The summed E-state index contributed by atoms with van der Waals surface area (Å²) >= 11 is 5.54. The summed E-state index contributed by atoms with van der Waals surface area (Å²) in [7, 11) is -1.23. The van der Waals surface area contributed by atoms with Crippen molar-refractivity contribution >= 4 is 32.5 Å². The quantitative estimate of drug-likeness (QED) is 0.555. The Morgan fingerprint density at radius 1 is 1.00 bits per heavy atom. The van der Waals surface area contributed by atoms with Crippen LogP contribution in [0.3, 0.4) is 0 Å². The Bertz CT molecular complexity index is 1070. The molecule has 1 fully saturated rings. The molecule has 7 heteroatoms. The first-order chi connectivity index (χ1) is 14.4. The number of fused-ring (bicyclic) bond motifs is 1. The first kappa shape index (κ1) is 22.6. The van der Waals surface area contributed by atoms with Crippen molar-refractivity contribution in [2.45, 2.75) is 6.54 Å². The monoisotopic (exact) mass is 445 g/mol. The van der Waals surface area contributed by atoms with Crippen LogP contribution < -0.4 is 0 Å². The molecular weight excluding hydrogens is 418 g/mol. The summed E-state index contributed by atoms with van der Waals surface area (Å²) in [5.41, 5.74) is 1.93. The molecule has 0 unspecified atom stereocenters. The van der Waals surface area contributed by atoms with Crippen LogP contribution in [0.2, 0.25) is 5.02 Å². The Morgan fingerprint density at radius 2 is 1.70 bits per heavy atom. The Morgan fingerprint density at radius 3 is 2.30 bits per heavy atom. The Kier molecular flexibility index (Phi) is 7.72. The smallest absolute Gasteiger partial charge is 0.242 e. The van der Waals surface area contributed by atoms with Crippen molar-refractivity contribution in [3.63, 3.8) is 0 Å². The molecule has 0 atom stereocenters. The van der Waals surface area contributed by atoms with E-state index in [0.29, 0.717) is 0 Å². The van der Waals surface area contributed by atoms with Gasteiger partial charge < -0.3 is 4.90 Å². The molecule has 2 heterocycles. The summed E-state index contributed by atoms with van der Waals surface area (Å²) in [6, 6.07) is 17.2. The van der Waals surface area contributed by atoms with Gasteiger partial charge in [0.25, 0.3) is 0 Å². The molecule has 1 saturated heterocycles. The summed E-state index contributed by atoms with van der Waals surface area (Å²) in [4.78, 5) is 4.75. The minimum absolute atomic E-state index is 0.0561. The predicted molar refractivity (Wildman–Crippen MR) is 126 cm³/mol. The lowest BCUT2D eigenvalue weighted by atomic mass is 10.1. The van der Waals surface area contributed by atoms with Gasteiger partial charge >= 0.3 is 0 Å². The maximum atomic E-state index is 12.3. The third-order valence-corrected chi connectivity index (χ3v) is 6.97.